The van der Waals surface area contributed by atoms with Crippen LogP contribution in [0.15, 0.2) is 33.9 Å². The Morgan fingerprint density at radius 2 is 1.79 bits per heavy atom. The van der Waals surface area contributed by atoms with Crippen LogP contribution in [0.25, 0.3) is 11.2 Å². The number of carbonyl (C=O) groups is 1. The minimum absolute atomic E-state index is 0.0215. The third kappa shape index (κ3) is 3.79. The molecule has 2 saturated heterocycles. The van der Waals surface area contributed by atoms with Crippen molar-refractivity contribution in [2.24, 2.45) is 14.1 Å². The molecule has 4 heterocycles. The van der Waals surface area contributed by atoms with Crippen LogP contribution in [0.1, 0.15) is 18.4 Å². The van der Waals surface area contributed by atoms with Crippen LogP contribution < -0.4 is 16.1 Å². The van der Waals surface area contributed by atoms with E-state index in [9.17, 15) is 18.8 Å². The fourth-order valence-corrected chi connectivity index (χ4v) is 4.70. The second-order valence-corrected chi connectivity index (χ2v) is 8.82. The lowest BCUT2D eigenvalue weighted by Gasteiger charge is -2.36. The Hall–Kier alpha value is -3.47. The maximum Gasteiger partial charge on any atom is 0.332 e. The third-order valence-electron chi connectivity index (χ3n) is 6.66. The van der Waals surface area contributed by atoms with Gasteiger partial charge in [-0.1, -0.05) is 12.1 Å². The Labute approximate surface area is 194 Å². The van der Waals surface area contributed by atoms with E-state index in [-0.39, 0.29) is 24.4 Å². The number of amides is 1. The zero-order valence-electron chi connectivity index (χ0n) is 19.2. The molecule has 0 N–H and O–H groups in total. The van der Waals surface area contributed by atoms with E-state index in [0.717, 1.165) is 23.0 Å². The minimum atomic E-state index is -0.456. The molecule has 0 aliphatic carbocycles. The van der Waals surface area contributed by atoms with Crippen LogP contribution in [-0.4, -0.2) is 68.4 Å². The van der Waals surface area contributed by atoms with Crippen molar-refractivity contribution in [2.45, 2.75) is 25.5 Å². The van der Waals surface area contributed by atoms with Crippen LogP contribution in [0.2, 0.25) is 0 Å². The summed E-state index contributed by atoms with van der Waals surface area (Å²) < 4.78 is 23.2. The predicted molar refractivity (Wildman–Crippen MR) is 123 cm³/mol. The number of imidazole rings is 1. The molecule has 0 spiro atoms. The lowest BCUT2D eigenvalue weighted by molar-refractivity contribution is -0.141. The first kappa shape index (κ1) is 22.3. The van der Waals surface area contributed by atoms with Crippen molar-refractivity contribution in [3.05, 3.63) is 56.5 Å². The molecular formula is C23H27FN6O4. The van der Waals surface area contributed by atoms with Crippen molar-refractivity contribution in [1.82, 2.24) is 23.6 Å². The number of anilines is 1. The van der Waals surface area contributed by atoms with Gasteiger partial charge < -0.3 is 14.5 Å². The fraction of sp³-hybridized carbons (Fsp3) is 0.478. The standard InChI is InChI=1S/C23H27FN6O4/c1-26-19-18(21(32)27(2)23(26)33)30(14-15-5-7-16(24)8-6-15)22(25-19)29-11-9-28(10-12-29)20(31)17-4-3-13-34-17/h5-8,17H,3-4,9-14H2,1-2H3. The number of carbonyl (C=O) groups excluding carboxylic acids is 1. The zero-order chi connectivity index (χ0) is 24.0. The van der Waals surface area contributed by atoms with Gasteiger partial charge in [-0.05, 0) is 30.5 Å². The van der Waals surface area contributed by atoms with Crippen molar-refractivity contribution in [1.29, 1.82) is 0 Å². The molecule has 1 unspecified atom stereocenters. The average molecular weight is 471 g/mol. The molecule has 0 radical (unpaired) electrons. The van der Waals surface area contributed by atoms with Gasteiger partial charge in [-0.25, -0.2) is 9.18 Å². The highest BCUT2D eigenvalue weighted by Crippen LogP contribution is 2.24. The minimum Gasteiger partial charge on any atom is -0.368 e. The summed E-state index contributed by atoms with van der Waals surface area (Å²) in [5.41, 5.74) is 0.503. The van der Waals surface area contributed by atoms with Gasteiger partial charge in [0, 0.05) is 46.9 Å². The van der Waals surface area contributed by atoms with Crippen LogP contribution >= 0.6 is 0 Å². The molecule has 3 aromatic rings. The van der Waals surface area contributed by atoms with Gasteiger partial charge in [0.15, 0.2) is 11.2 Å². The Bertz CT molecular complexity index is 1350. The number of piperazine rings is 1. The summed E-state index contributed by atoms with van der Waals surface area (Å²) in [5.74, 6) is 0.222. The van der Waals surface area contributed by atoms with Crippen LogP contribution in [0.5, 0.6) is 0 Å². The number of benzene rings is 1. The molecule has 5 rings (SSSR count). The summed E-state index contributed by atoms with van der Waals surface area (Å²) in [6, 6.07) is 6.07. The highest BCUT2D eigenvalue weighted by atomic mass is 19.1. The van der Waals surface area contributed by atoms with E-state index in [0.29, 0.717) is 49.9 Å². The van der Waals surface area contributed by atoms with Crippen LogP contribution in [0.4, 0.5) is 10.3 Å². The number of hydrogen-bond donors (Lipinski definition) is 0. The molecule has 2 fully saturated rings. The summed E-state index contributed by atoms with van der Waals surface area (Å²) in [5, 5.41) is 0. The molecule has 1 aromatic carbocycles. The molecule has 1 amide bonds. The van der Waals surface area contributed by atoms with Crippen molar-refractivity contribution in [3.8, 4) is 0 Å². The summed E-state index contributed by atoms with van der Waals surface area (Å²) in [7, 11) is 3.02. The summed E-state index contributed by atoms with van der Waals surface area (Å²) in [6.45, 7) is 2.98. The van der Waals surface area contributed by atoms with Gasteiger partial charge in [0.2, 0.25) is 5.95 Å². The Morgan fingerprint density at radius 3 is 2.44 bits per heavy atom. The summed E-state index contributed by atoms with van der Waals surface area (Å²) in [6.07, 6.45) is 1.30. The second kappa shape index (κ2) is 8.71. The monoisotopic (exact) mass is 470 g/mol. The first-order valence-corrected chi connectivity index (χ1v) is 11.4. The van der Waals surface area contributed by atoms with E-state index in [2.05, 4.69) is 0 Å². The van der Waals surface area contributed by atoms with Gasteiger partial charge in [0.05, 0.1) is 6.54 Å². The number of hydrogen-bond acceptors (Lipinski definition) is 6. The highest BCUT2D eigenvalue weighted by Gasteiger charge is 2.32. The molecule has 180 valence electrons. The number of halogens is 1. The van der Waals surface area contributed by atoms with Crippen molar-refractivity contribution in [2.75, 3.05) is 37.7 Å². The quantitative estimate of drug-likeness (QED) is 0.550. The van der Waals surface area contributed by atoms with Crippen LogP contribution in [0, 0.1) is 5.82 Å². The van der Waals surface area contributed by atoms with E-state index < -0.39 is 11.2 Å². The van der Waals surface area contributed by atoms with Crippen LogP contribution in [-0.2, 0) is 30.2 Å². The number of fused-ring (bicyclic) bond motifs is 1. The Kier molecular flexibility index (Phi) is 5.72. The van der Waals surface area contributed by atoms with E-state index in [1.54, 1.807) is 23.7 Å². The summed E-state index contributed by atoms with van der Waals surface area (Å²) in [4.78, 5) is 46.9. The van der Waals surface area contributed by atoms with Gasteiger partial charge in [-0.15, -0.1) is 0 Å². The van der Waals surface area contributed by atoms with Gasteiger partial charge in [0.25, 0.3) is 11.5 Å². The SMILES string of the molecule is Cn1c(=O)c2c(nc(N3CCN(C(=O)C4CCCO4)CC3)n2Cc2ccc(F)cc2)n(C)c1=O. The molecule has 0 bridgehead atoms. The van der Waals surface area contributed by atoms with E-state index in [1.807, 2.05) is 9.80 Å². The van der Waals surface area contributed by atoms with Gasteiger partial charge in [-0.3, -0.25) is 23.3 Å². The molecule has 2 aliphatic rings. The average Bonchev–Trinajstić information content (AvgIpc) is 3.51. The molecule has 34 heavy (non-hydrogen) atoms. The number of ether oxygens (including phenoxy) is 1. The molecule has 10 nitrogen and oxygen atoms in total. The van der Waals surface area contributed by atoms with Crippen molar-refractivity contribution < 1.29 is 13.9 Å². The van der Waals surface area contributed by atoms with Gasteiger partial charge >= 0.3 is 5.69 Å². The van der Waals surface area contributed by atoms with Crippen molar-refractivity contribution >= 4 is 23.0 Å². The number of aryl methyl sites for hydroxylation is 1. The van der Waals surface area contributed by atoms with Gasteiger partial charge in [0.1, 0.15) is 11.9 Å². The normalized spacial score (nSPS) is 18.7. The molecule has 2 aromatic heterocycles. The lowest BCUT2D eigenvalue weighted by Crippen LogP contribution is -2.52. The molecule has 1 atom stereocenters. The first-order valence-electron chi connectivity index (χ1n) is 11.4. The van der Waals surface area contributed by atoms with E-state index in [1.165, 1.54) is 23.7 Å². The zero-order valence-corrected chi connectivity index (χ0v) is 19.2. The fourth-order valence-electron chi connectivity index (χ4n) is 4.70. The topological polar surface area (TPSA) is 94.6 Å². The van der Waals surface area contributed by atoms with Crippen LogP contribution in [0.3, 0.4) is 0 Å². The molecule has 2 aliphatic heterocycles. The molecule has 11 heteroatoms. The first-order chi connectivity index (χ1) is 16.3. The molecule has 0 saturated carbocycles. The van der Waals surface area contributed by atoms with Crippen molar-refractivity contribution in [3.63, 3.8) is 0 Å². The predicted octanol–water partition coefficient (Wildman–Crippen LogP) is 0.449. The number of nitrogens with zero attached hydrogens (tertiary/aromatic N) is 6. The second-order valence-electron chi connectivity index (χ2n) is 8.82. The largest absolute Gasteiger partial charge is 0.368 e. The maximum atomic E-state index is 13.5. The summed E-state index contributed by atoms with van der Waals surface area (Å²) >= 11 is 0. The lowest BCUT2D eigenvalue weighted by atomic mass is 10.2. The number of aromatic nitrogens is 4. The Morgan fingerprint density at radius 1 is 1.09 bits per heavy atom. The maximum absolute atomic E-state index is 13.5. The Balaban J connectivity index is 1.51. The highest BCUT2D eigenvalue weighted by molar-refractivity contribution is 5.81. The van der Waals surface area contributed by atoms with E-state index >= 15 is 0 Å². The smallest absolute Gasteiger partial charge is 0.332 e. The van der Waals surface area contributed by atoms with E-state index in [4.69, 9.17) is 9.72 Å². The third-order valence-corrected chi connectivity index (χ3v) is 6.66. The number of rotatable bonds is 4. The van der Waals surface area contributed by atoms with Gasteiger partial charge in [-0.2, -0.15) is 4.98 Å². The molecular weight excluding hydrogens is 443 g/mol.